The summed E-state index contributed by atoms with van der Waals surface area (Å²) in [6.45, 7) is 4.89. The third-order valence-corrected chi connectivity index (χ3v) is 15.4. The van der Waals surface area contributed by atoms with Crippen LogP contribution in [0.4, 0.5) is 0 Å². The number of carbonyl (C=O) groups excluding carboxylic acids is 2. The van der Waals surface area contributed by atoms with Gasteiger partial charge in [-0.2, -0.15) is 0 Å². The number of hydrogen-bond acceptors (Lipinski definition) is 5. The first-order valence-corrected chi connectivity index (χ1v) is 33.3. The second-order valence-electron chi connectivity index (χ2n) is 22.8. The van der Waals surface area contributed by atoms with Crippen molar-refractivity contribution in [3.8, 4) is 0 Å². The van der Waals surface area contributed by atoms with Gasteiger partial charge in [0.15, 0.2) is 0 Å². The molecule has 0 radical (unpaired) electrons. The van der Waals surface area contributed by atoms with Gasteiger partial charge in [-0.15, -0.1) is 0 Å². The number of unbranched alkanes of at least 4 members (excludes halogenated alkanes) is 47. The molecule has 0 aromatic carbocycles. The largest absolute Gasteiger partial charge is 0.466 e. The minimum absolute atomic E-state index is 0.00443. The molecule has 6 nitrogen and oxygen atoms in total. The van der Waals surface area contributed by atoms with E-state index in [1.807, 2.05) is 6.08 Å². The van der Waals surface area contributed by atoms with Crippen LogP contribution in [0.15, 0.2) is 36.5 Å². The highest BCUT2D eigenvalue weighted by Gasteiger charge is 2.18. The molecular weight excluding hydrogens is 911 g/mol. The average Bonchev–Trinajstić information content (AvgIpc) is 3.40. The predicted octanol–water partition coefficient (Wildman–Crippen LogP) is 21.1. The van der Waals surface area contributed by atoms with Gasteiger partial charge in [-0.1, -0.05) is 307 Å². The van der Waals surface area contributed by atoms with Crippen LogP contribution in [-0.2, 0) is 14.3 Å². The molecule has 0 fully saturated rings. The number of nitrogens with one attached hydrogen (secondary N) is 1. The maximum Gasteiger partial charge on any atom is 0.305 e. The van der Waals surface area contributed by atoms with E-state index in [1.54, 1.807) is 6.08 Å². The van der Waals surface area contributed by atoms with Crippen molar-refractivity contribution in [2.24, 2.45) is 0 Å². The van der Waals surface area contributed by atoms with Gasteiger partial charge in [0.1, 0.15) is 0 Å². The van der Waals surface area contributed by atoms with Gasteiger partial charge >= 0.3 is 5.97 Å². The molecule has 74 heavy (non-hydrogen) atoms. The Morgan fingerprint density at radius 3 is 1.00 bits per heavy atom. The molecule has 1 amide bonds. The molecule has 0 heterocycles. The van der Waals surface area contributed by atoms with E-state index in [2.05, 4.69) is 43.5 Å². The number of rotatable bonds is 62. The SMILES string of the molecule is CCCC/C=C\CCCCCCCC(=O)OCCCCCCCCCCCCCC/C=C\CCCCCCCCCCCCCCC(=O)NC(CO)C(O)/C=C/CCCCCCCCCCCCCCCCCC. The van der Waals surface area contributed by atoms with Gasteiger partial charge in [0.25, 0.3) is 0 Å². The molecule has 0 aromatic heterocycles. The zero-order chi connectivity index (χ0) is 53.6. The smallest absolute Gasteiger partial charge is 0.305 e. The average molecular weight is 1040 g/mol. The molecule has 0 saturated carbocycles. The Balaban J connectivity index is 3.41. The molecule has 2 atom stereocenters. The molecule has 0 bridgehead atoms. The number of amides is 1. The van der Waals surface area contributed by atoms with E-state index in [1.165, 1.54) is 289 Å². The summed E-state index contributed by atoms with van der Waals surface area (Å²) in [5, 5.41) is 23.2. The van der Waals surface area contributed by atoms with Crippen molar-refractivity contribution in [2.45, 2.75) is 373 Å². The lowest BCUT2D eigenvalue weighted by Gasteiger charge is -2.20. The van der Waals surface area contributed by atoms with Crippen LogP contribution in [0, 0.1) is 0 Å². The molecule has 2 unspecified atom stereocenters. The van der Waals surface area contributed by atoms with E-state index >= 15 is 0 Å². The first-order chi connectivity index (χ1) is 36.5. The van der Waals surface area contributed by atoms with E-state index in [9.17, 15) is 19.8 Å². The summed E-state index contributed by atoms with van der Waals surface area (Å²) >= 11 is 0. The Kier molecular flexibility index (Phi) is 62.0. The molecule has 3 N–H and O–H groups in total. The minimum Gasteiger partial charge on any atom is -0.466 e. The lowest BCUT2D eigenvalue weighted by Crippen LogP contribution is -2.45. The first-order valence-electron chi connectivity index (χ1n) is 33.3. The van der Waals surface area contributed by atoms with Crippen molar-refractivity contribution >= 4 is 11.9 Å². The van der Waals surface area contributed by atoms with Crippen LogP contribution in [0.1, 0.15) is 361 Å². The molecule has 0 spiro atoms. The van der Waals surface area contributed by atoms with Gasteiger partial charge in [-0.05, 0) is 77.0 Å². The highest BCUT2D eigenvalue weighted by atomic mass is 16.5. The van der Waals surface area contributed by atoms with Crippen LogP contribution < -0.4 is 5.32 Å². The molecule has 0 aliphatic heterocycles. The number of ether oxygens (including phenoxy) is 1. The third-order valence-electron chi connectivity index (χ3n) is 15.4. The summed E-state index contributed by atoms with van der Waals surface area (Å²) in [4.78, 5) is 24.5. The van der Waals surface area contributed by atoms with E-state index in [-0.39, 0.29) is 18.5 Å². The fourth-order valence-electron chi connectivity index (χ4n) is 10.3. The van der Waals surface area contributed by atoms with Gasteiger partial charge in [-0.3, -0.25) is 9.59 Å². The standard InChI is InChI=1S/C68H129NO5/c1-3-5-7-9-11-13-15-16-17-18-31-34-37-41-44-48-52-56-60-66(71)65(64-70)69-67(72)61-57-53-49-45-42-38-35-32-29-27-25-23-21-19-20-22-24-26-28-30-33-36-39-43-47-51-55-59-63-74-68(73)62-58-54-50-46-40-14-12-10-8-6-4-2/h10,12,19-20,56,60,65-66,70-71H,3-9,11,13-18,21-55,57-59,61-64H2,1-2H3,(H,69,72)/b12-10-,20-19-,60-56+. The van der Waals surface area contributed by atoms with Crippen LogP contribution in [0.5, 0.6) is 0 Å². The molecule has 436 valence electrons. The summed E-state index contributed by atoms with van der Waals surface area (Å²) in [6, 6.07) is -0.628. The second-order valence-corrected chi connectivity index (χ2v) is 22.8. The topological polar surface area (TPSA) is 95.9 Å². The number of esters is 1. The van der Waals surface area contributed by atoms with E-state index in [0.29, 0.717) is 19.4 Å². The Morgan fingerprint density at radius 2 is 0.649 bits per heavy atom. The van der Waals surface area contributed by atoms with Crippen molar-refractivity contribution < 1.29 is 24.5 Å². The van der Waals surface area contributed by atoms with Crippen LogP contribution in [0.25, 0.3) is 0 Å². The Labute approximate surface area is 462 Å². The molecule has 6 heteroatoms. The van der Waals surface area contributed by atoms with Gasteiger partial charge in [0.05, 0.1) is 25.4 Å². The summed E-state index contributed by atoms with van der Waals surface area (Å²) in [6.07, 6.45) is 80.7. The maximum absolute atomic E-state index is 12.5. The van der Waals surface area contributed by atoms with E-state index in [0.717, 1.165) is 44.9 Å². The first kappa shape index (κ1) is 72.1. The minimum atomic E-state index is -0.845. The third kappa shape index (κ3) is 59.3. The van der Waals surface area contributed by atoms with Gasteiger partial charge in [-0.25, -0.2) is 0 Å². The molecule has 0 rings (SSSR count). The van der Waals surface area contributed by atoms with Crippen molar-refractivity contribution in [1.29, 1.82) is 0 Å². The van der Waals surface area contributed by atoms with Crippen molar-refractivity contribution in [3.63, 3.8) is 0 Å². The molecule has 0 aliphatic carbocycles. The van der Waals surface area contributed by atoms with E-state index < -0.39 is 12.1 Å². The predicted molar refractivity (Wildman–Crippen MR) is 324 cm³/mol. The molecule has 0 saturated heterocycles. The fraction of sp³-hybridized carbons (Fsp3) is 0.882. The van der Waals surface area contributed by atoms with Crippen molar-refractivity contribution in [3.05, 3.63) is 36.5 Å². The van der Waals surface area contributed by atoms with Crippen LogP contribution >= 0.6 is 0 Å². The summed E-state index contributed by atoms with van der Waals surface area (Å²) in [5.74, 6) is -0.0609. The lowest BCUT2D eigenvalue weighted by molar-refractivity contribution is -0.143. The fourth-order valence-corrected chi connectivity index (χ4v) is 10.3. The zero-order valence-corrected chi connectivity index (χ0v) is 49.8. The maximum atomic E-state index is 12.5. The number of allylic oxidation sites excluding steroid dienone is 5. The number of hydrogen-bond donors (Lipinski definition) is 3. The summed E-state index contributed by atoms with van der Waals surface area (Å²) in [5.41, 5.74) is 0. The summed E-state index contributed by atoms with van der Waals surface area (Å²) in [7, 11) is 0. The number of aliphatic hydroxyl groups excluding tert-OH is 2. The quantitative estimate of drug-likeness (QED) is 0.0320. The zero-order valence-electron chi connectivity index (χ0n) is 49.8. The second kappa shape index (κ2) is 63.6. The number of carbonyl (C=O) groups is 2. The van der Waals surface area contributed by atoms with Crippen molar-refractivity contribution in [2.75, 3.05) is 13.2 Å². The summed E-state index contributed by atoms with van der Waals surface area (Å²) < 4.78 is 5.46. The Bertz CT molecular complexity index is 1200. The van der Waals surface area contributed by atoms with Crippen LogP contribution in [0.2, 0.25) is 0 Å². The van der Waals surface area contributed by atoms with Crippen molar-refractivity contribution in [1.82, 2.24) is 5.32 Å². The molecule has 0 aliphatic rings. The lowest BCUT2D eigenvalue weighted by atomic mass is 10.0. The van der Waals surface area contributed by atoms with Crippen LogP contribution in [0.3, 0.4) is 0 Å². The van der Waals surface area contributed by atoms with Gasteiger partial charge in [0.2, 0.25) is 5.91 Å². The highest BCUT2D eigenvalue weighted by Crippen LogP contribution is 2.18. The highest BCUT2D eigenvalue weighted by molar-refractivity contribution is 5.76. The van der Waals surface area contributed by atoms with Gasteiger partial charge < -0.3 is 20.3 Å². The normalized spacial score (nSPS) is 12.8. The molecular formula is C68H129NO5. The number of aliphatic hydroxyl groups is 2. The van der Waals surface area contributed by atoms with Crippen LogP contribution in [-0.4, -0.2) is 47.4 Å². The monoisotopic (exact) mass is 1040 g/mol. The van der Waals surface area contributed by atoms with E-state index in [4.69, 9.17) is 4.74 Å². The molecule has 0 aromatic rings. The van der Waals surface area contributed by atoms with Gasteiger partial charge in [0, 0.05) is 12.8 Å². The Hall–Kier alpha value is -1.92. The Morgan fingerprint density at radius 1 is 0.365 bits per heavy atom.